The SMILES string of the molecule is Cc1c(-c2[nH]c3sc(-c4ccc(C5CCCCC5)cc4)c(C)c3c2C(C)C)cn2ncnc2c1C. The van der Waals surface area contributed by atoms with Crippen molar-refractivity contribution < 1.29 is 0 Å². The van der Waals surface area contributed by atoms with Gasteiger partial charge in [0.2, 0.25) is 0 Å². The minimum atomic E-state index is 0.403. The van der Waals surface area contributed by atoms with E-state index in [0.29, 0.717) is 5.92 Å². The summed E-state index contributed by atoms with van der Waals surface area (Å²) in [6, 6.07) is 9.47. The summed E-state index contributed by atoms with van der Waals surface area (Å²) < 4.78 is 1.91. The maximum atomic E-state index is 4.44. The third kappa shape index (κ3) is 3.63. The molecule has 0 aliphatic heterocycles. The van der Waals surface area contributed by atoms with Crippen LogP contribution < -0.4 is 0 Å². The Hall–Kier alpha value is -2.92. The first-order valence-electron chi connectivity index (χ1n) is 13.0. The van der Waals surface area contributed by atoms with Gasteiger partial charge in [0.15, 0.2) is 5.65 Å². The van der Waals surface area contributed by atoms with Crippen LogP contribution in [0.1, 0.15) is 85.6 Å². The Morgan fingerprint density at radius 2 is 1.71 bits per heavy atom. The molecule has 0 amide bonds. The number of fused-ring (bicyclic) bond motifs is 2. The summed E-state index contributed by atoms with van der Waals surface area (Å²) in [5.41, 5.74) is 11.5. The first-order valence-corrected chi connectivity index (χ1v) is 13.8. The second-order valence-corrected chi connectivity index (χ2v) is 11.6. The standard InChI is InChI=1S/C30H34N4S/c1-17(2)25-26-20(5)28(23-13-11-22(12-14-23)21-9-7-6-8-10-21)35-30(26)33-27(25)24-15-34-29(31-16-32-34)19(4)18(24)3/h11-17,21,33H,6-10H2,1-5H3. The largest absolute Gasteiger partial charge is 0.346 e. The van der Waals surface area contributed by atoms with Crippen molar-refractivity contribution in [3.8, 4) is 21.7 Å². The highest BCUT2D eigenvalue weighted by Crippen LogP contribution is 2.46. The zero-order valence-corrected chi connectivity index (χ0v) is 22.2. The van der Waals surface area contributed by atoms with Crippen molar-refractivity contribution >= 4 is 27.2 Å². The van der Waals surface area contributed by atoms with Gasteiger partial charge in [-0.1, -0.05) is 57.4 Å². The van der Waals surface area contributed by atoms with Crippen LogP contribution in [0.3, 0.4) is 0 Å². The zero-order chi connectivity index (χ0) is 24.3. The molecule has 0 unspecified atom stereocenters. The number of aromatic nitrogens is 4. The smallest absolute Gasteiger partial charge is 0.158 e. The molecule has 0 spiro atoms. The van der Waals surface area contributed by atoms with Crippen LogP contribution in [-0.2, 0) is 0 Å². The summed E-state index contributed by atoms with van der Waals surface area (Å²) in [5, 5.41) is 5.82. The summed E-state index contributed by atoms with van der Waals surface area (Å²) in [5.74, 6) is 1.15. The minimum absolute atomic E-state index is 0.403. The van der Waals surface area contributed by atoms with Crippen LogP contribution in [-0.4, -0.2) is 19.6 Å². The van der Waals surface area contributed by atoms with E-state index in [1.54, 1.807) is 6.33 Å². The first kappa shape index (κ1) is 22.5. The number of H-pyrrole nitrogens is 1. The predicted molar refractivity (Wildman–Crippen MR) is 148 cm³/mol. The lowest BCUT2D eigenvalue weighted by Gasteiger charge is -2.22. The molecule has 1 saturated carbocycles. The van der Waals surface area contributed by atoms with Gasteiger partial charge in [0.1, 0.15) is 11.2 Å². The van der Waals surface area contributed by atoms with Crippen molar-refractivity contribution in [3.63, 3.8) is 0 Å². The van der Waals surface area contributed by atoms with Gasteiger partial charge in [0, 0.05) is 22.0 Å². The number of pyridine rings is 1. The molecule has 4 aromatic heterocycles. The van der Waals surface area contributed by atoms with E-state index in [1.165, 1.54) is 91.8 Å². The van der Waals surface area contributed by atoms with Gasteiger partial charge >= 0.3 is 0 Å². The molecule has 0 saturated heterocycles. The van der Waals surface area contributed by atoms with Crippen LogP contribution in [0, 0.1) is 20.8 Å². The number of aromatic amines is 1. The van der Waals surface area contributed by atoms with Crippen molar-refractivity contribution in [2.45, 2.75) is 78.6 Å². The van der Waals surface area contributed by atoms with Crippen molar-refractivity contribution in [2.24, 2.45) is 0 Å². The highest BCUT2D eigenvalue weighted by Gasteiger charge is 2.24. The average Bonchev–Trinajstić information content (AvgIpc) is 3.57. The van der Waals surface area contributed by atoms with Crippen molar-refractivity contribution in [1.82, 2.24) is 19.6 Å². The predicted octanol–water partition coefficient (Wildman–Crippen LogP) is 8.70. The quantitative estimate of drug-likeness (QED) is 0.278. The Morgan fingerprint density at radius 1 is 0.971 bits per heavy atom. The number of rotatable bonds is 4. The van der Waals surface area contributed by atoms with Crippen molar-refractivity contribution in [3.05, 3.63) is 64.6 Å². The fraction of sp³-hybridized carbons (Fsp3) is 0.400. The second-order valence-electron chi connectivity index (χ2n) is 10.6. The van der Waals surface area contributed by atoms with Gasteiger partial charge in [-0.25, -0.2) is 9.50 Å². The lowest BCUT2D eigenvalue weighted by atomic mass is 9.84. The molecule has 6 rings (SSSR count). The number of hydrogen-bond donors (Lipinski definition) is 1. The molecule has 0 radical (unpaired) electrons. The molecule has 180 valence electrons. The Balaban J connectivity index is 1.45. The van der Waals surface area contributed by atoms with E-state index in [1.807, 2.05) is 15.9 Å². The number of nitrogens with one attached hydrogen (secondary N) is 1. The van der Waals surface area contributed by atoms with Crippen molar-refractivity contribution in [1.29, 1.82) is 0 Å². The Labute approximate surface area is 211 Å². The van der Waals surface area contributed by atoms with Crippen LogP contribution in [0.15, 0.2) is 36.8 Å². The molecular formula is C30H34N4S. The van der Waals surface area contributed by atoms with Gasteiger partial charge in [-0.05, 0) is 78.8 Å². The summed E-state index contributed by atoms with van der Waals surface area (Å²) in [6.07, 6.45) is 10.6. The van der Waals surface area contributed by atoms with Gasteiger partial charge in [-0.15, -0.1) is 11.3 Å². The molecule has 1 aliphatic rings. The molecule has 4 nitrogen and oxygen atoms in total. The fourth-order valence-corrected chi connectivity index (χ4v) is 7.32. The monoisotopic (exact) mass is 482 g/mol. The van der Waals surface area contributed by atoms with Gasteiger partial charge in [-0.3, -0.25) is 0 Å². The molecular weight excluding hydrogens is 448 g/mol. The highest BCUT2D eigenvalue weighted by atomic mass is 32.1. The Bertz CT molecular complexity index is 1520. The van der Waals surface area contributed by atoms with E-state index in [9.17, 15) is 0 Å². The Kier molecular flexibility index (Phi) is 5.56. The Morgan fingerprint density at radius 3 is 2.43 bits per heavy atom. The summed E-state index contributed by atoms with van der Waals surface area (Å²) >= 11 is 1.89. The normalized spacial score (nSPS) is 15.1. The molecule has 1 fully saturated rings. The van der Waals surface area contributed by atoms with Crippen LogP contribution >= 0.6 is 11.3 Å². The van der Waals surface area contributed by atoms with Crippen LogP contribution in [0.2, 0.25) is 0 Å². The number of benzene rings is 1. The van der Waals surface area contributed by atoms with Crippen molar-refractivity contribution in [2.75, 3.05) is 0 Å². The van der Waals surface area contributed by atoms with Crippen LogP contribution in [0.5, 0.6) is 0 Å². The fourth-order valence-electron chi connectivity index (χ4n) is 6.09. The molecule has 35 heavy (non-hydrogen) atoms. The summed E-state index contributed by atoms with van der Waals surface area (Å²) in [4.78, 5) is 10.9. The van der Waals surface area contributed by atoms with E-state index in [2.05, 4.69) is 80.1 Å². The molecule has 1 aromatic carbocycles. The highest BCUT2D eigenvalue weighted by molar-refractivity contribution is 7.22. The topological polar surface area (TPSA) is 46.0 Å². The van der Waals surface area contributed by atoms with E-state index >= 15 is 0 Å². The third-order valence-electron chi connectivity index (χ3n) is 8.15. The van der Waals surface area contributed by atoms with Gasteiger partial charge in [0.05, 0.1) is 5.69 Å². The zero-order valence-electron chi connectivity index (χ0n) is 21.4. The first-order chi connectivity index (χ1) is 16.9. The minimum Gasteiger partial charge on any atom is -0.346 e. The van der Waals surface area contributed by atoms with E-state index < -0.39 is 0 Å². The molecule has 0 bridgehead atoms. The number of hydrogen-bond acceptors (Lipinski definition) is 3. The average molecular weight is 483 g/mol. The number of aryl methyl sites for hydroxylation is 2. The molecule has 0 atom stereocenters. The van der Waals surface area contributed by atoms with E-state index in [0.717, 1.165) is 11.6 Å². The third-order valence-corrected chi connectivity index (χ3v) is 9.40. The molecule has 4 heterocycles. The maximum absolute atomic E-state index is 4.44. The van der Waals surface area contributed by atoms with Gasteiger partial charge in [0.25, 0.3) is 0 Å². The summed E-state index contributed by atoms with van der Waals surface area (Å²) in [7, 11) is 0. The molecule has 5 heteroatoms. The van der Waals surface area contributed by atoms with Gasteiger partial charge < -0.3 is 4.98 Å². The lowest BCUT2D eigenvalue weighted by molar-refractivity contribution is 0.443. The van der Waals surface area contributed by atoms with Crippen LogP contribution in [0.4, 0.5) is 0 Å². The van der Waals surface area contributed by atoms with Gasteiger partial charge in [-0.2, -0.15) is 5.10 Å². The number of thiophene rings is 1. The summed E-state index contributed by atoms with van der Waals surface area (Å²) in [6.45, 7) is 11.2. The maximum Gasteiger partial charge on any atom is 0.158 e. The van der Waals surface area contributed by atoms with E-state index in [-0.39, 0.29) is 0 Å². The lowest BCUT2D eigenvalue weighted by Crippen LogP contribution is -2.04. The second kappa shape index (κ2) is 8.63. The van der Waals surface area contributed by atoms with Crippen LogP contribution in [0.25, 0.3) is 37.6 Å². The number of nitrogens with zero attached hydrogens (tertiary/aromatic N) is 3. The molecule has 1 N–H and O–H groups in total. The van der Waals surface area contributed by atoms with E-state index in [4.69, 9.17) is 0 Å². The molecule has 1 aliphatic carbocycles. The molecule has 5 aromatic rings.